The van der Waals surface area contributed by atoms with E-state index in [-0.39, 0.29) is 17.2 Å². The molecule has 7 heteroatoms. The largest absolute Gasteiger partial charge is 0.357 e. The molecule has 2 aromatic rings. The molecule has 2 aliphatic rings. The number of H-pyrrole nitrogens is 1. The molecular weight excluding hydrogens is 342 g/mol. The smallest absolute Gasteiger partial charge is 0.270 e. The quantitative estimate of drug-likeness (QED) is 0.901. The maximum absolute atomic E-state index is 12.8. The zero-order chi connectivity index (χ0) is 18.9. The number of nitrogens with zero attached hydrogens (tertiary/aromatic N) is 4. The summed E-state index contributed by atoms with van der Waals surface area (Å²) in [6, 6.07) is 3.66. The molecule has 7 nitrogen and oxygen atoms in total. The Morgan fingerprint density at radius 2 is 2.15 bits per heavy atom. The van der Waals surface area contributed by atoms with Gasteiger partial charge in [-0.05, 0) is 38.3 Å². The van der Waals surface area contributed by atoms with E-state index >= 15 is 0 Å². The Hall–Kier alpha value is -2.70. The Balaban J connectivity index is 1.47. The monoisotopic (exact) mass is 367 g/mol. The van der Waals surface area contributed by atoms with Crippen LogP contribution in [0.4, 0.5) is 0 Å². The van der Waals surface area contributed by atoms with E-state index in [9.17, 15) is 9.59 Å². The summed E-state index contributed by atoms with van der Waals surface area (Å²) in [6.07, 6.45) is 8.64. The highest BCUT2D eigenvalue weighted by Gasteiger charge is 2.43. The van der Waals surface area contributed by atoms with Crippen LogP contribution in [-0.4, -0.2) is 56.2 Å². The SMILES string of the molecule is Cc1cnc(CN2C[C@@]3(CCCN(C(=O)c4ccc[nH]4)C3)CCC2=O)cn1. The van der Waals surface area contributed by atoms with Crippen LogP contribution < -0.4 is 0 Å². The van der Waals surface area contributed by atoms with Crippen molar-refractivity contribution in [3.05, 3.63) is 47.8 Å². The van der Waals surface area contributed by atoms with Crippen LogP contribution in [0.5, 0.6) is 0 Å². The summed E-state index contributed by atoms with van der Waals surface area (Å²) < 4.78 is 0. The predicted molar refractivity (Wildman–Crippen MR) is 99.8 cm³/mol. The molecule has 2 amide bonds. The number of hydrogen-bond donors (Lipinski definition) is 1. The fourth-order valence-electron chi connectivity index (χ4n) is 4.29. The van der Waals surface area contributed by atoms with Gasteiger partial charge in [0.15, 0.2) is 0 Å². The number of likely N-dealkylation sites (tertiary alicyclic amines) is 2. The van der Waals surface area contributed by atoms with E-state index in [0.29, 0.717) is 31.7 Å². The highest BCUT2D eigenvalue weighted by Crippen LogP contribution is 2.39. The molecule has 0 saturated carbocycles. The van der Waals surface area contributed by atoms with Crippen LogP contribution in [0.2, 0.25) is 0 Å². The van der Waals surface area contributed by atoms with Gasteiger partial charge >= 0.3 is 0 Å². The number of aryl methyl sites for hydroxylation is 1. The van der Waals surface area contributed by atoms with Crippen molar-refractivity contribution in [3.8, 4) is 0 Å². The minimum absolute atomic E-state index is 0.0213. The molecule has 0 radical (unpaired) electrons. The topological polar surface area (TPSA) is 82.2 Å². The third-order valence-corrected chi connectivity index (χ3v) is 5.71. The summed E-state index contributed by atoms with van der Waals surface area (Å²) in [5.41, 5.74) is 2.28. The molecule has 2 aromatic heterocycles. The molecule has 0 aromatic carbocycles. The van der Waals surface area contributed by atoms with E-state index in [4.69, 9.17) is 0 Å². The fraction of sp³-hybridized carbons (Fsp3) is 0.500. The lowest BCUT2D eigenvalue weighted by molar-refractivity contribution is -0.139. The van der Waals surface area contributed by atoms with Gasteiger partial charge in [0.05, 0.1) is 24.1 Å². The molecule has 4 rings (SSSR count). The minimum Gasteiger partial charge on any atom is -0.357 e. The minimum atomic E-state index is -0.0213. The van der Waals surface area contributed by atoms with E-state index in [1.807, 2.05) is 28.9 Å². The summed E-state index contributed by atoms with van der Waals surface area (Å²) in [5.74, 6) is 0.211. The number of hydrogen-bond acceptors (Lipinski definition) is 4. The molecule has 1 spiro atoms. The lowest BCUT2D eigenvalue weighted by Crippen LogP contribution is -2.54. The first-order valence-corrected chi connectivity index (χ1v) is 9.53. The van der Waals surface area contributed by atoms with Gasteiger partial charge in [0.25, 0.3) is 5.91 Å². The van der Waals surface area contributed by atoms with Gasteiger partial charge in [0.1, 0.15) is 5.69 Å². The average molecular weight is 367 g/mol. The van der Waals surface area contributed by atoms with Crippen molar-refractivity contribution in [1.29, 1.82) is 0 Å². The predicted octanol–water partition coefficient (Wildman–Crippen LogP) is 2.16. The Labute approximate surface area is 158 Å². The maximum Gasteiger partial charge on any atom is 0.270 e. The molecule has 2 saturated heterocycles. The second-order valence-corrected chi connectivity index (χ2v) is 7.81. The first-order valence-electron chi connectivity index (χ1n) is 9.53. The zero-order valence-electron chi connectivity index (χ0n) is 15.6. The molecule has 0 bridgehead atoms. The van der Waals surface area contributed by atoms with Gasteiger partial charge in [-0.2, -0.15) is 0 Å². The third kappa shape index (κ3) is 3.72. The molecular formula is C20H25N5O2. The van der Waals surface area contributed by atoms with Crippen LogP contribution in [0, 0.1) is 12.3 Å². The van der Waals surface area contributed by atoms with Crippen LogP contribution in [0.3, 0.4) is 0 Å². The zero-order valence-corrected chi connectivity index (χ0v) is 15.6. The maximum atomic E-state index is 12.8. The van der Waals surface area contributed by atoms with Crippen LogP contribution in [-0.2, 0) is 11.3 Å². The first kappa shape index (κ1) is 17.7. The molecule has 0 unspecified atom stereocenters. The Morgan fingerprint density at radius 3 is 2.89 bits per heavy atom. The van der Waals surface area contributed by atoms with E-state index in [1.54, 1.807) is 18.6 Å². The number of carbonyl (C=O) groups is 2. The highest BCUT2D eigenvalue weighted by atomic mass is 16.2. The second-order valence-electron chi connectivity index (χ2n) is 7.81. The van der Waals surface area contributed by atoms with Crippen molar-refractivity contribution >= 4 is 11.8 Å². The second kappa shape index (κ2) is 7.13. The number of aromatic nitrogens is 3. The molecule has 2 aliphatic heterocycles. The normalized spacial score (nSPS) is 23.1. The Morgan fingerprint density at radius 1 is 1.26 bits per heavy atom. The molecule has 2 fully saturated rings. The standard InChI is InChI=1S/C20H25N5O2/c1-15-10-23-16(11-22-15)12-25-14-20(7-5-18(25)26)6-3-9-24(13-20)19(27)17-4-2-8-21-17/h2,4,8,10-11,21H,3,5-7,9,12-14H2,1H3/t20-/m0/s1. The number of rotatable bonds is 3. The number of piperidine rings is 2. The van der Waals surface area contributed by atoms with Gasteiger partial charge in [-0.1, -0.05) is 0 Å². The molecule has 1 N–H and O–H groups in total. The highest BCUT2D eigenvalue weighted by molar-refractivity contribution is 5.92. The van der Waals surface area contributed by atoms with Crippen molar-refractivity contribution in [2.75, 3.05) is 19.6 Å². The van der Waals surface area contributed by atoms with Crippen LogP contribution >= 0.6 is 0 Å². The van der Waals surface area contributed by atoms with E-state index in [1.165, 1.54) is 0 Å². The summed E-state index contributed by atoms with van der Waals surface area (Å²) in [5, 5.41) is 0. The van der Waals surface area contributed by atoms with Gasteiger partial charge in [0.2, 0.25) is 5.91 Å². The number of aromatic amines is 1. The number of carbonyl (C=O) groups excluding carboxylic acids is 2. The summed E-state index contributed by atoms with van der Waals surface area (Å²) in [6.45, 7) is 4.54. The fourth-order valence-corrected chi connectivity index (χ4v) is 4.29. The lowest BCUT2D eigenvalue weighted by Gasteiger charge is -2.48. The van der Waals surface area contributed by atoms with Crippen molar-refractivity contribution in [1.82, 2.24) is 24.8 Å². The lowest BCUT2D eigenvalue weighted by atomic mass is 9.73. The number of nitrogens with one attached hydrogen (secondary N) is 1. The molecule has 1 atom stereocenters. The summed E-state index contributed by atoms with van der Waals surface area (Å²) in [7, 11) is 0. The Kier molecular flexibility index (Phi) is 4.68. The van der Waals surface area contributed by atoms with Gasteiger partial charge in [0, 0.05) is 43.9 Å². The van der Waals surface area contributed by atoms with Crippen molar-refractivity contribution in [2.24, 2.45) is 5.41 Å². The van der Waals surface area contributed by atoms with Gasteiger partial charge < -0.3 is 14.8 Å². The van der Waals surface area contributed by atoms with E-state index in [0.717, 1.165) is 37.2 Å². The molecule has 27 heavy (non-hydrogen) atoms. The number of amides is 2. The average Bonchev–Trinajstić information content (AvgIpc) is 3.21. The van der Waals surface area contributed by atoms with E-state index in [2.05, 4.69) is 15.0 Å². The van der Waals surface area contributed by atoms with Crippen molar-refractivity contribution in [3.63, 3.8) is 0 Å². The molecule has 4 heterocycles. The molecule has 0 aliphatic carbocycles. The van der Waals surface area contributed by atoms with Gasteiger partial charge in [-0.3, -0.25) is 19.6 Å². The first-order chi connectivity index (χ1) is 13.0. The van der Waals surface area contributed by atoms with Crippen molar-refractivity contribution in [2.45, 2.75) is 39.2 Å². The molecule has 142 valence electrons. The summed E-state index contributed by atoms with van der Waals surface area (Å²) >= 11 is 0. The van der Waals surface area contributed by atoms with Crippen LogP contribution in [0.25, 0.3) is 0 Å². The van der Waals surface area contributed by atoms with Crippen molar-refractivity contribution < 1.29 is 9.59 Å². The summed E-state index contributed by atoms with van der Waals surface area (Å²) in [4.78, 5) is 40.8. The van der Waals surface area contributed by atoms with E-state index < -0.39 is 0 Å². The van der Waals surface area contributed by atoms with Crippen LogP contribution in [0.15, 0.2) is 30.7 Å². The Bertz CT molecular complexity index is 817. The van der Waals surface area contributed by atoms with Gasteiger partial charge in [-0.15, -0.1) is 0 Å². The van der Waals surface area contributed by atoms with Gasteiger partial charge in [-0.25, -0.2) is 0 Å². The van der Waals surface area contributed by atoms with Crippen LogP contribution in [0.1, 0.15) is 47.6 Å². The third-order valence-electron chi connectivity index (χ3n) is 5.71.